The Bertz CT molecular complexity index is 592. The molecule has 7 heteroatoms. The number of esters is 1. The Balaban J connectivity index is 1.93. The fraction of sp³-hybridized carbons (Fsp3) is 0.529. The fourth-order valence-corrected chi connectivity index (χ4v) is 2.65. The summed E-state index contributed by atoms with van der Waals surface area (Å²) in [5.41, 5.74) is -0.179. The molecule has 2 rings (SSSR count). The Morgan fingerprint density at radius 2 is 1.75 bits per heavy atom. The Kier molecular flexibility index (Phi) is 5.41. The van der Waals surface area contributed by atoms with E-state index in [1.807, 2.05) is 6.92 Å². The lowest BCUT2D eigenvalue weighted by molar-refractivity contribution is -0.170. The van der Waals surface area contributed by atoms with Crippen molar-refractivity contribution in [2.45, 2.75) is 50.6 Å². The molecule has 0 heterocycles. The van der Waals surface area contributed by atoms with Crippen LogP contribution in [0.5, 0.6) is 5.75 Å². The van der Waals surface area contributed by atoms with Crippen LogP contribution in [0.3, 0.4) is 0 Å². The van der Waals surface area contributed by atoms with Crippen LogP contribution in [-0.4, -0.2) is 35.2 Å². The van der Waals surface area contributed by atoms with Gasteiger partial charge in [0.05, 0.1) is 5.56 Å². The van der Waals surface area contributed by atoms with Gasteiger partial charge >= 0.3 is 17.9 Å². The van der Waals surface area contributed by atoms with Gasteiger partial charge in [-0.1, -0.05) is 6.42 Å². The Morgan fingerprint density at radius 1 is 1.17 bits per heavy atom. The molecule has 132 valence electrons. The van der Waals surface area contributed by atoms with Crippen LogP contribution >= 0.6 is 0 Å². The number of halogens is 2. The molecule has 1 aromatic carbocycles. The van der Waals surface area contributed by atoms with Gasteiger partial charge < -0.3 is 14.6 Å². The number of ether oxygens (including phenoxy) is 2. The monoisotopic (exact) mass is 342 g/mol. The van der Waals surface area contributed by atoms with E-state index in [4.69, 9.17) is 9.84 Å². The van der Waals surface area contributed by atoms with E-state index in [0.717, 1.165) is 25.7 Å². The lowest BCUT2D eigenvalue weighted by Gasteiger charge is -2.34. The second-order valence-electron chi connectivity index (χ2n) is 6.22. The largest absolute Gasteiger partial charge is 0.488 e. The molecule has 1 aliphatic carbocycles. The standard InChI is InChI=1S/C17H20F2O5/c1-16(9-3-2-4-10-16)24-13-7-5-12(6-8-13)14(20)23-11-17(18,19)15(21)22/h5-8H,2-4,9-11H2,1H3,(H,21,22). The minimum Gasteiger partial charge on any atom is -0.488 e. The molecule has 1 saturated carbocycles. The molecule has 0 amide bonds. The number of benzene rings is 1. The molecule has 0 saturated heterocycles. The first-order valence-electron chi connectivity index (χ1n) is 7.79. The molecule has 0 unspecified atom stereocenters. The van der Waals surface area contributed by atoms with Gasteiger partial charge in [-0.2, -0.15) is 8.78 Å². The summed E-state index contributed by atoms with van der Waals surface area (Å²) in [4.78, 5) is 22.0. The van der Waals surface area contributed by atoms with Crippen molar-refractivity contribution in [1.29, 1.82) is 0 Å². The molecule has 0 atom stereocenters. The minimum absolute atomic E-state index is 0.0531. The molecule has 1 aromatic rings. The summed E-state index contributed by atoms with van der Waals surface area (Å²) in [5, 5.41) is 8.28. The third-order valence-electron chi connectivity index (χ3n) is 4.06. The van der Waals surface area contributed by atoms with Gasteiger partial charge in [-0.15, -0.1) is 0 Å². The van der Waals surface area contributed by atoms with Crippen molar-refractivity contribution in [2.24, 2.45) is 0 Å². The predicted molar refractivity (Wildman–Crippen MR) is 81.4 cm³/mol. The predicted octanol–water partition coefficient (Wildman–Crippen LogP) is 3.66. The lowest BCUT2D eigenvalue weighted by Crippen LogP contribution is -2.35. The van der Waals surface area contributed by atoms with E-state index >= 15 is 0 Å². The molecule has 0 aromatic heterocycles. The molecule has 5 nitrogen and oxygen atoms in total. The van der Waals surface area contributed by atoms with E-state index in [9.17, 15) is 18.4 Å². The number of carbonyl (C=O) groups excluding carboxylic acids is 1. The number of carbonyl (C=O) groups is 2. The van der Waals surface area contributed by atoms with Crippen LogP contribution in [0.25, 0.3) is 0 Å². The Labute approximate surface area is 138 Å². The van der Waals surface area contributed by atoms with E-state index in [0.29, 0.717) is 5.75 Å². The highest BCUT2D eigenvalue weighted by atomic mass is 19.3. The van der Waals surface area contributed by atoms with E-state index in [-0.39, 0.29) is 11.2 Å². The first-order valence-corrected chi connectivity index (χ1v) is 7.79. The third-order valence-corrected chi connectivity index (χ3v) is 4.06. The average molecular weight is 342 g/mol. The van der Waals surface area contributed by atoms with Crippen molar-refractivity contribution in [3.05, 3.63) is 29.8 Å². The SMILES string of the molecule is CC1(Oc2ccc(C(=O)OCC(F)(F)C(=O)O)cc2)CCCCC1. The topological polar surface area (TPSA) is 72.8 Å². The maximum Gasteiger partial charge on any atom is 0.378 e. The molecule has 0 bridgehead atoms. The fourth-order valence-electron chi connectivity index (χ4n) is 2.65. The van der Waals surface area contributed by atoms with Crippen molar-refractivity contribution in [1.82, 2.24) is 0 Å². The first kappa shape index (κ1) is 18.2. The van der Waals surface area contributed by atoms with Crippen LogP contribution < -0.4 is 4.74 Å². The van der Waals surface area contributed by atoms with Crippen LogP contribution in [-0.2, 0) is 9.53 Å². The van der Waals surface area contributed by atoms with E-state index in [1.54, 1.807) is 12.1 Å². The molecular weight excluding hydrogens is 322 g/mol. The van der Waals surface area contributed by atoms with Crippen LogP contribution in [0.2, 0.25) is 0 Å². The van der Waals surface area contributed by atoms with Gasteiger partial charge in [-0.3, -0.25) is 0 Å². The summed E-state index contributed by atoms with van der Waals surface area (Å²) in [5.74, 6) is -6.85. The minimum atomic E-state index is -4.10. The first-order chi connectivity index (χ1) is 11.2. The average Bonchev–Trinajstić information content (AvgIpc) is 2.53. The number of hydrogen-bond donors (Lipinski definition) is 1. The molecular formula is C17H20F2O5. The van der Waals surface area contributed by atoms with Gasteiger partial charge in [-0.05, 0) is 56.9 Å². The van der Waals surface area contributed by atoms with Crippen molar-refractivity contribution in [3.8, 4) is 5.75 Å². The van der Waals surface area contributed by atoms with Gasteiger partial charge in [0.15, 0.2) is 6.61 Å². The number of carboxylic acids is 1. The second kappa shape index (κ2) is 7.15. The van der Waals surface area contributed by atoms with Crippen molar-refractivity contribution in [2.75, 3.05) is 6.61 Å². The van der Waals surface area contributed by atoms with Crippen molar-refractivity contribution in [3.63, 3.8) is 0 Å². The van der Waals surface area contributed by atoms with Crippen molar-refractivity contribution < 1.29 is 33.0 Å². The number of aliphatic carboxylic acids is 1. The molecule has 0 aliphatic heterocycles. The van der Waals surface area contributed by atoms with Gasteiger partial charge in [0.25, 0.3) is 0 Å². The maximum absolute atomic E-state index is 12.9. The zero-order valence-corrected chi connectivity index (χ0v) is 13.4. The number of hydrogen-bond acceptors (Lipinski definition) is 4. The molecule has 1 aliphatic rings. The summed E-state index contributed by atoms with van der Waals surface area (Å²) >= 11 is 0. The molecule has 1 N–H and O–H groups in total. The van der Waals surface area contributed by atoms with Crippen LogP contribution in [0.4, 0.5) is 8.78 Å². The molecule has 0 radical (unpaired) electrons. The number of carboxylic acid groups (broad SMARTS) is 1. The Hall–Kier alpha value is -2.18. The summed E-state index contributed by atoms with van der Waals surface area (Å²) in [6, 6.07) is 5.96. The third kappa shape index (κ3) is 4.66. The van der Waals surface area contributed by atoms with E-state index < -0.39 is 24.5 Å². The molecule has 0 spiro atoms. The highest BCUT2D eigenvalue weighted by Gasteiger charge is 2.40. The quantitative estimate of drug-likeness (QED) is 0.799. The summed E-state index contributed by atoms with van der Waals surface area (Å²) in [6.07, 6.45) is 5.34. The van der Waals surface area contributed by atoms with Gasteiger partial charge in [-0.25, -0.2) is 9.59 Å². The van der Waals surface area contributed by atoms with E-state index in [2.05, 4.69) is 4.74 Å². The second-order valence-corrected chi connectivity index (χ2v) is 6.22. The maximum atomic E-state index is 12.9. The van der Waals surface area contributed by atoms with Crippen molar-refractivity contribution >= 4 is 11.9 Å². The number of rotatable bonds is 6. The smallest absolute Gasteiger partial charge is 0.378 e. The van der Waals surface area contributed by atoms with Gasteiger partial charge in [0.2, 0.25) is 0 Å². The van der Waals surface area contributed by atoms with E-state index in [1.165, 1.54) is 18.6 Å². The zero-order valence-electron chi connectivity index (χ0n) is 13.4. The van der Waals surface area contributed by atoms with Crippen LogP contribution in [0.15, 0.2) is 24.3 Å². The molecule has 24 heavy (non-hydrogen) atoms. The van der Waals surface area contributed by atoms with Gasteiger partial charge in [0.1, 0.15) is 11.4 Å². The van der Waals surface area contributed by atoms with Gasteiger partial charge in [0, 0.05) is 0 Å². The summed E-state index contributed by atoms with van der Waals surface area (Å²) in [7, 11) is 0. The Morgan fingerprint density at radius 3 is 2.29 bits per heavy atom. The lowest BCUT2D eigenvalue weighted by atomic mass is 9.86. The van der Waals surface area contributed by atoms with Crippen LogP contribution in [0.1, 0.15) is 49.4 Å². The summed E-state index contributed by atoms with van der Waals surface area (Å²) < 4.78 is 36.1. The molecule has 1 fully saturated rings. The summed E-state index contributed by atoms with van der Waals surface area (Å²) in [6.45, 7) is 0.541. The zero-order chi connectivity index (χ0) is 17.8. The highest BCUT2D eigenvalue weighted by Crippen LogP contribution is 2.32. The highest BCUT2D eigenvalue weighted by molar-refractivity contribution is 5.89. The normalized spacial score (nSPS) is 17.1. The van der Waals surface area contributed by atoms with Crippen LogP contribution in [0, 0.1) is 0 Å². The number of alkyl halides is 2.